The normalized spacial score (nSPS) is 23.7. The third-order valence-electron chi connectivity index (χ3n) is 5.22. The first-order chi connectivity index (χ1) is 13.7. The van der Waals surface area contributed by atoms with E-state index >= 15 is 0 Å². The van der Waals surface area contributed by atoms with Gasteiger partial charge in [-0.2, -0.15) is 0 Å². The molecule has 0 aromatic heterocycles. The van der Waals surface area contributed by atoms with Gasteiger partial charge in [0.1, 0.15) is 0 Å². The molecule has 3 rings (SSSR count). The number of carbonyl (C=O) groups is 1. The van der Waals surface area contributed by atoms with Gasteiger partial charge in [0.05, 0.1) is 6.61 Å². The number of aryl methyl sites for hydroxylation is 1. The summed E-state index contributed by atoms with van der Waals surface area (Å²) in [6.07, 6.45) is 4.80. The van der Waals surface area contributed by atoms with E-state index < -0.39 is 11.2 Å². The van der Waals surface area contributed by atoms with Crippen molar-refractivity contribution in [1.82, 2.24) is 0 Å². The Morgan fingerprint density at radius 1 is 1.00 bits per heavy atom. The van der Waals surface area contributed by atoms with Gasteiger partial charge in [0.25, 0.3) is 5.90 Å². The fourth-order valence-corrected chi connectivity index (χ4v) is 3.62. The van der Waals surface area contributed by atoms with Gasteiger partial charge < -0.3 is 14.3 Å². The van der Waals surface area contributed by atoms with E-state index in [1.54, 1.807) is 14.0 Å². The van der Waals surface area contributed by atoms with Crippen LogP contribution >= 0.6 is 0 Å². The van der Waals surface area contributed by atoms with Gasteiger partial charge in [-0.1, -0.05) is 60.7 Å². The highest BCUT2D eigenvalue weighted by atomic mass is 16.7. The van der Waals surface area contributed by atoms with Crippen LogP contribution in [0.4, 0.5) is 0 Å². The molecule has 0 bridgehead atoms. The maximum Gasteiger partial charge on any atom is 0.267 e. The Bertz CT molecular complexity index is 793. The number of carbonyl (C=O) groups excluding carboxylic acids is 1. The number of hydrogen-bond donors (Lipinski definition) is 0. The van der Waals surface area contributed by atoms with E-state index in [1.165, 1.54) is 5.56 Å². The summed E-state index contributed by atoms with van der Waals surface area (Å²) in [5.74, 6) is 0.291. The van der Waals surface area contributed by atoms with E-state index in [2.05, 4.69) is 29.4 Å². The third kappa shape index (κ3) is 3.80. The second-order valence-corrected chi connectivity index (χ2v) is 7.11. The molecule has 0 saturated heterocycles. The van der Waals surface area contributed by atoms with Crippen LogP contribution in [-0.2, 0) is 31.1 Å². The van der Waals surface area contributed by atoms with Crippen molar-refractivity contribution < 1.29 is 19.1 Å². The molecule has 0 fully saturated rings. The predicted octanol–water partition coefficient (Wildman–Crippen LogP) is 4.26. The van der Waals surface area contributed by atoms with Crippen LogP contribution in [0.5, 0.6) is 0 Å². The first-order valence-corrected chi connectivity index (χ1v) is 9.66. The summed E-state index contributed by atoms with van der Waals surface area (Å²) in [4.78, 5) is 17.3. The number of nitrogens with zero attached hydrogens (tertiary/aromatic N) is 1. The molecule has 0 radical (unpaired) electrons. The van der Waals surface area contributed by atoms with Crippen LogP contribution in [0, 0.1) is 0 Å². The van der Waals surface area contributed by atoms with E-state index in [9.17, 15) is 4.79 Å². The van der Waals surface area contributed by atoms with Crippen molar-refractivity contribution >= 4 is 12.2 Å². The molecule has 2 aromatic rings. The summed E-state index contributed by atoms with van der Waals surface area (Å²) in [6, 6.07) is 19.9. The van der Waals surface area contributed by atoms with E-state index in [4.69, 9.17) is 14.3 Å². The van der Waals surface area contributed by atoms with Crippen LogP contribution < -0.4 is 0 Å². The topological polar surface area (TPSA) is 57.1 Å². The van der Waals surface area contributed by atoms with E-state index in [1.807, 2.05) is 36.4 Å². The van der Waals surface area contributed by atoms with Gasteiger partial charge in [-0.15, -0.1) is 0 Å². The fraction of sp³-hybridized carbons (Fsp3) is 0.391. The second-order valence-electron chi connectivity index (χ2n) is 7.11. The molecule has 1 aliphatic rings. The molecule has 2 atom stereocenters. The number of ether oxygens (including phenoxy) is 2. The Kier molecular flexibility index (Phi) is 6.47. The highest BCUT2D eigenvalue weighted by Crippen LogP contribution is 2.44. The summed E-state index contributed by atoms with van der Waals surface area (Å²) in [6.45, 7) is 2.15. The van der Waals surface area contributed by atoms with Gasteiger partial charge in [0.2, 0.25) is 11.2 Å². The highest BCUT2D eigenvalue weighted by molar-refractivity contribution is 5.94. The first kappa shape index (κ1) is 20.1. The van der Waals surface area contributed by atoms with E-state index in [0.717, 1.165) is 37.5 Å². The van der Waals surface area contributed by atoms with E-state index in [-0.39, 0.29) is 0 Å². The molecule has 5 nitrogen and oxygen atoms in total. The summed E-state index contributed by atoms with van der Waals surface area (Å²) >= 11 is 0. The number of rotatable bonds is 9. The minimum Gasteiger partial charge on any atom is -0.476 e. The zero-order valence-electron chi connectivity index (χ0n) is 16.5. The van der Waals surface area contributed by atoms with Crippen molar-refractivity contribution in [3.63, 3.8) is 0 Å². The van der Waals surface area contributed by atoms with Crippen molar-refractivity contribution in [2.24, 2.45) is 5.16 Å². The van der Waals surface area contributed by atoms with Gasteiger partial charge in [-0.05, 0) is 48.9 Å². The fourth-order valence-electron chi connectivity index (χ4n) is 3.62. The molecule has 0 spiro atoms. The molecular formula is C23H27NO4. The number of unbranched alkanes of at least 4 members (excludes halogenated alkanes) is 2. The lowest BCUT2D eigenvalue weighted by Crippen LogP contribution is -2.55. The lowest BCUT2D eigenvalue weighted by atomic mass is 9.79. The Labute approximate surface area is 166 Å². The molecule has 1 aliphatic heterocycles. The van der Waals surface area contributed by atoms with Crippen molar-refractivity contribution in [1.29, 1.82) is 0 Å². The number of benzene rings is 2. The maximum atomic E-state index is 11.8. The standard InChI is InChI=1S/C23H27NO4/c1-22(18-25)23(26-2,20-15-9-4-10-16-20)21(24-28-22)27-17-11-5-8-14-19-12-6-3-7-13-19/h3-4,6-7,9-10,12-13,15-16,18H,5,8,11,14,17H2,1-2H3. The van der Waals surface area contributed by atoms with Crippen LogP contribution in [0.3, 0.4) is 0 Å². The van der Waals surface area contributed by atoms with E-state index in [0.29, 0.717) is 12.5 Å². The van der Waals surface area contributed by atoms with Crippen LogP contribution in [0.25, 0.3) is 0 Å². The van der Waals surface area contributed by atoms with Crippen molar-refractivity contribution in [3.8, 4) is 0 Å². The minimum absolute atomic E-state index is 0.291. The molecule has 2 unspecified atom stereocenters. The first-order valence-electron chi connectivity index (χ1n) is 9.66. The zero-order valence-corrected chi connectivity index (χ0v) is 16.5. The molecule has 0 amide bonds. The second kappa shape index (κ2) is 9.02. The van der Waals surface area contributed by atoms with Gasteiger partial charge >= 0.3 is 0 Å². The summed E-state index contributed by atoms with van der Waals surface area (Å²) < 4.78 is 11.8. The molecule has 0 N–H and O–H groups in total. The van der Waals surface area contributed by atoms with Gasteiger partial charge in [-0.25, -0.2) is 0 Å². The van der Waals surface area contributed by atoms with Gasteiger partial charge in [0, 0.05) is 7.11 Å². The Balaban J connectivity index is 1.60. The molecule has 2 aromatic carbocycles. The van der Waals surface area contributed by atoms with Crippen LogP contribution in [-0.4, -0.2) is 31.5 Å². The van der Waals surface area contributed by atoms with Crippen molar-refractivity contribution in [2.45, 2.75) is 43.8 Å². The molecule has 0 aliphatic carbocycles. The molecular weight excluding hydrogens is 354 g/mol. The summed E-state index contributed by atoms with van der Waals surface area (Å²) in [7, 11) is 1.54. The minimum atomic E-state index is -1.29. The number of methoxy groups -OCH3 is 1. The zero-order chi connectivity index (χ0) is 19.9. The van der Waals surface area contributed by atoms with Gasteiger partial charge in [-0.3, -0.25) is 4.79 Å². The average molecular weight is 381 g/mol. The third-order valence-corrected chi connectivity index (χ3v) is 5.22. The molecule has 28 heavy (non-hydrogen) atoms. The largest absolute Gasteiger partial charge is 0.476 e. The van der Waals surface area contributed by atoms with Gasteiger partial charge in [0.15, 0.2) is 6.29 Å². The monoisotopic (exact) mass is 381 g/mol. The molecule has 5 heteroatoms. The Morgan fingerprint density at radius 2 is 1.68 bits per heavy atom. The van der Waals surface area contributed by atoms with Crippen LogP contribution in [0.2, 0.25) is 0 Å². The molecule has 0 saturated carbocycles. The average Bonchev–Trinajstić information content (AvgIpc) is 3.05. The predicted molar refractivity (Wildman–Crippen MR) is 108 cm³/mol. The number of hydrogen-bond acceptors (Lipinski definition) is 5. The summed E-state index contributed by atoms with van der Waals surface area (Å²) in [5.41, 5.74) is -0.361. The number of aldehydes is 1. The maximum absolute atomic E-state index is 11.8. The highest BCUT2D eigenvalue weighted by Gasteiger charge is 2.62. The smallest absolute Gasteiger partial charge is 0.267 e. The Morgan fingerprint density at radius 3 is 2.32 bits per heavy atom. The molecule has 1 heterocycles. The van der Waals surface area contributed by atoms with Crippen molar-refractivity contribution in [3.05, 3.63) is 71.8 Å². The van der Waals surface area contributed by atoms with Crippen LogP contribution in [0.15, 0.2) is 65.8 Å². The lowest BCUT2D eigenvalue weighted by Gasteiger charge is -2.36. The number of oxime groups is 1. The lowest BCUT2D eigenvalue weighted by molar-refractivity contribution is -0.156. The summed E-state index contributed by atoms with van der Waals surface area (Å²) in [5, 5.41) is 4.06. The SMILES string of the molecule is COC1(c2ccccc2)C(OCCCCCc2ccccc2)=NOC1(C)C=O. The van der Waals surface area contributed by atoms with Crippen LogP contribution in [0.1, 0.15) is 37.3 Å². The van der Waals surface area contributed by atoms with Crippen molar-refractivity contribution in [2.75, 3.05) is 13.7 Å². The Hall–Kier alpha value is -2.66. The quantitative estimate of drug-likeness (QED) is 0.481. The molecule has 148 valence electrons.